The van der Waals surface area contributed by atoms with Crippen LogP contribution in [0, 0.1) is 5.92 Å². The van der Waals surface area contributed by atoms with Gasteiger partial charge in [0, 0.05) is 33.7 Å². The van der Waals surface area contributed by atoms with Crippen LogP contribution in [-0.4, -0.2) is 58.0 Å². The minimum atomic E-state index is -0.170. The number of carbonyl (C=O) groups is 1. The topological polar surface area (TPSA) is 50.8 Å². The van der Waals surface area contributed by atoms with E-state index in [4.69, 9.17) is 9.47 Å². The number of nitrogens with one attached hydrogen (secondary N) is 1. The Kier molecular flexibility index (Phi) is 5.73. The summed E-state index contributed by atoms with van der Waals surface area (Å²) < 4.78 is 10.3. The molecule has 0 saturated carbocycles. The van der Waals surface area contributed by atoms with Crippen LogP contribution in [0.25, 0.3) is 0 Å². The van der Waals surface area contributed by atoms with Crippen molar-refractivity contribution in [1.29, 1.82) is 0 Å². The Labute approximate surface area is 97.1 Å². The third-order valence-electron chi connectivity index (χ3n) is 3.14. The van der Waals surface area contributed by atoms with E-state index in [1.165, 1.54) is 0 Å². The predicted octanol–water partition coefficient (Wildman–Crippen LogP) is 0.0633. The third-order valence-corrected chi connectivity index (χ3v) is 3.14. The van der Waals surface area contributed by atoms with Crippen LogP contribution in [0.1, 0.15) is 12.8 Å². The average Bonchev–Trinajstić information content (AvgIpc) is 2.35. The standard InChI is InChI=1S/C11H22N2O3/c1-12-11(14)9-4-6-13(7-5-9)8-10(15-2)16-3/h9-10H,4-8H2,1-3H3,(H,12,14). The largest absolute Gasteiger partial charge is 0.359 e. The average molecular weight is 230 g/mol. The van der Waals surface area contributed by atoms with Gasteiger partial charge in [-0.3, -0.25) is 9.69 Å². The molecule has 1 rings (SSSR count). The van der Waals surface area contributed by atoms with Gasteiger partial charge >= 0.3 is 0 Å². The molecule has 0 unspecified atom stereocenters. The van der Waals surface area contributed by atoms with E-state index in [1.807, 2.05) is 0 Å². The van der Waals surface area contributed by atoms with Crippen LogP contribution >= 0.6 is 0 Å². The van der Waals surface area contributed by atoms with Gasteiger partial charge in [-0.1, -0.05) is 0 Å². The molecule has 1 fully saturated rings. The molecule has 0 atom stereocenters. The van der Waals surface area contributed by atoms with Crippen LogP contribution in [0.2, 0.25) is 0 Å². The molecular formula is C11H22N2O3. The maximum Gasteiger partial charge on any atom is 0.222 e. The highest BCUT2D eigenvalue weighted by atomic mass is 16.7. The lowest BCUT2D eigenvalue weighted by Crippen LogP contribution is -2.43. The normalized spacial score (nSPS) is 19.0. The molecule has 16 heavy (non-hydrogen) atoms. The van der Waals surface area contributed by atoms with Crippen molar-refractivity contribution in [2.75, 3.05) is 40.9 Å². The molecule has 0 bridgehead atoms. The number of carbonyl (C=O) groups excluding carboxylic acids is 1. The Bertz CT molecular complexity index is 211. The second kappa shape index (κ2) is 6.83. The van der Waals surface area contributed by atoms with E-state index in [2.05, 4.69) is 10.2 Å². The maximum absolute atomic E-state index is 11.4. The fraction of sp³-hybridized carbons (Fsp3) is 0.909. The van der Waals surface area contributed by atoms with E-state index in [9.17, 15) is 4.79 Å². The monoisotopic (exact) mass is 230 g/mol. The first-order valence-corrected chi connectivity index (χ1v) is 5.70. The molecule has 0 aromatic heterocycles. The summed E-state index contributed by atoms with van der Waals surface area (Å²) >= 11 is 0. The number of piperidine rings is 1. The molecule has 0 spiro atoms. The molecule has 0 radical (unpaired) electrons. The first-order valence-electron chi connectivity index (χ1n) is 5.70. The number of likely N-dealkylation sites (tertiary alicyclic amines) is 1. The van der Waals surface area contributed by atoms with Gasteiger partial charge in [-0.15, -0.1) is 0 Å². The molecule has 1 aliphatic heterocycles. The van der Waals surface area contributed by atoms with Crippen molar-refractivity contribution in [2.45, 2.75) is 19.1 Å². The zero-order chi connectivity index (χ0) is 12.0. The van der Waals surface area contributed by atoms with Gasteiger partial charge in [-0.05, 0) is 25.9 Å². The van der Waals surface area contributed by atoms with Crippen molar-refractivity contribution in [3.8, 4) is 0 Å². The molecule has 0 aromatic carbocycles. The molecule has 1 heterocycles. The lowest BCUT2D eigenvalue weighted by atomic mass is 9.96. The minimum Gasteiger partial charge on any atom is -0.359 e. The maximum atomic E-state index is 11.4. The lowest BCUT2D eigenvalue weighted by Gasteiger charge is -2.32. The fourth-order valence-electron chi connectivity index (χ4n) is 2.04. The van der Waals surface area contributed by atoms with Gasteiger partial charge in [-0.2, -0.15) is 0 Å². The van der Waals surface area contributed by atoms with E-state index in [-0.39, 0.29) is 18.1 Å². The SMILES string of the molecule is CNC(=O)C1CCN(CC(OC)OC)CC1. The number of ether oxygens (including phenoxy) is 2. The van der Waals surface area contributed by atoms with Gasteiger partial charge in [-0.25, -0.2) is 0 Å². The van der Waals surface area contributed by atoms with Crippen molar-refractivity contribution in [2.24, 2.45) is 5.92 Å². The summed E-state index contributed by atoms with van der Waals surface area (Å²) in [5.41, 5.74) is 0. The van der Waals surface area contributed by atoms with E-state index in [1.54, 1.807) is 21.3 Å². The Morgan fingerprint density at radius 2 is 1.94 bits per heavy atom. The summed E-state index contributed by atoms with van der Waals surface area (Å²) in [4.78, 5) is 13.7. The van der Waals surface area contributed by atoms with Gasteiger partial charge in [0.25, 0.3) is 0 Å². The van der Waals surface area contributed by atoms with Crippen molar-refractivity contribution in [3.05, 3.63) is 0 Å². The summed E-state index contributed by atoms with van der Waals surface area (Å²) in [6.07, 6.45) is 1.66. The summed E-state index contributed by atoms with van der Waals surface area (Å²) in [6, 6.07) is 0. The van der Waals surface area contributed by atoms with E-state index < -0.39 is 0 Å². The van der Waals surface area contributed by atoms with E-state index in [0.717, 1.165) is 32.5 Å². The minimum absolute atomic E-state index is 0.162. The predicted molar refractivity (Wildman–Crippen MR) is 61.0 cm³/mol. The first kappa shape index (κ1) is 13.4. The summed E-state index contributed by atoms with van der Waals surface area (Å²) in [5, 5.41) is 2.71. The number of methoxy groups -OCH3 is 2. The smallest absolute Gasteiger partial charge is 0.222 e. The molecule has 0 aromatic rings. The highest BCUT2D eigenvalue weighted by Crippen LogP contribution is 2.17. The van der Waals surface area contributed by atoms with Crippen LogP contribution in [0.3, 0.4) is 0 Å². The summed E-state index contributed by atoms with van der Waals surface area (Å²) in [5.74, 6) is 0.333. The number of hydrogen-bond acceptors (Lipinski definition) is 4. The van der Waals surface area contributed by atoms with Crippen molar-refractivity contribution < 1.29 is 14.3 Å². The van der Waals surface area contributed by atoms with Crippen molar-refractivity contribution in [3.63, 3.8) is 0 Å². The van der Waals surface area contributed by atoms with Gasteiger partial charge in [0.2, 0.25) is 5.91 Å². The molecule has 0 aliphatic carbocycles. The zero-order valence-electron chi connectivity index (χ0n) is 10.4. The molecule has 94 valence electrons. The second-order valence-corrected chi connectivity index (χ2v) is 4.09. The Morgan fingerprint density at radius 1 is 1.38 bits per heavy atom. The summed E-state index contributed by atoms with van der Waals surface area (Å²) in [7, 11) is 4.98. The second-order valence-electron chi connectivity index (χ2n) is 4.09. The van der Waals surface area contributed by atoms with Crippen LogP contribution in [0.15, 0.2) is 0 Å². The van der Waals surface area contributed by atoms with Crippen LogP contribution in [-0.2, 0) is 14.3 Å². The van der Waals surface area contributed by atoms with Gasteiger partial charge in [0.1, 0.15) is 0 Å². The van der Waals surface area contributed by atoms with Crippen molar-refractivity contribution in [1.82, 2.24) is 10.2 Å². The highest BCUT2D eigenvalue weighted by Gasteiger charge is 2.25. The van der Waals surface area contributed by atoms with E-state index >= 15 is 0 Å². The van der Waals surface area contributed by atoms with Gasteiger partial charge in [0.05, 0.1) is 0 Å². The Hall–Kier alpha value is -0.650. The molecular weight excluding hydrogens is 208 g/mol. The quantitative estimate of drug-likeness (QED) is 0.679. The first-order chi connectivity index (χ1) is 7.71. The molecule has 5 nitrogen and oxygen atoms in total. The zero-order valence-corrected chi connectivity index (χ0v) is 10.4. The number of rotatable bonds is 5. The number of nitrogens with zero attached hydrogens (tertiary/aromatic N) is 1. The highest BCUT2D eigenvalue weighted by molar-refractivity contribution is 5.78. The lowest BCUT2D eigenvalue weighted by molar-refractivity contribution is -0.129. The molecule has 1 saturated heterocycles. The molecule has 1 amide bonds. The van der Waals surface area contributed by atoms with Gasteiger partial charge < -0.3 is 14.8 Å². The molecule has 1 aliphatic rings. The Balaban J connectivity index is 2.29. The number of amides is 1. The van der Waals surface area contributed by atoms with Crippen LogP contribution in [0.5, 0.6) is 0 Å². The third kappa shape index (κ3) is 3.73. The summed E-state index contributed by atoms with van der Waals surface area (Å²) in [6.45, 7) is 2.63. The Morgan fingerprint density at radius 3 is 2.38 bits per heavy atom. The molecule has 1 N–H and O–H groups in total. The van der Waals surface area contributed by atoms with Crippen LogP contribution in [0.4, 0.5) is 0 Å². The van der Waals surface area contributed by atoms with Gasteiger partial charge in [0.15, 0.2) is 6.29 Å². The fourth-order valence-corrected chi connectivity index (χ4v) is 2.04. The van der Waals surface area contributed by atoms with Crippen LogP contribution < -0.4 is 5.32 Å². The molecule has 5 heteroatoms. The number of hydrogen-bond donors (Lipinski definition) is 1. The van der Waals surface area contributed by atoms with E-state index in [0.29, 0.717) is 0 Å². The van der Waals surface area contributed by atoms with Crippen molar-refractivity contribution >= 4 is 5.91 Å².